The van der Waals surface area contributed by atoms with E-state index in [1.165, 1.54) is 12.1 Å². The molecule has 0 saturated carbocycles. The predicted octanol–water partition coefficient (Wildman–Crippen LogP) is 3.73. The zero-order valence-electron chi connectivity index (χ0n) is 15.9. The van der Waals surface area contributed by atoms with Gasteiger partial charge in [-0.05, 0) is 56.3 Å². The van der Waals surface area contributed by atoms with Gasteiger partial charge in [0.15, 0.2) is 0 Å². The fraction of sp³-hybridized carbons (Fsp3) is 0.304. The molecule has 2 unspecified atom stereocenters. The molecule has 0 spiro atoms. The van der Waals surface area contributed by atoms with Gasteiger partial charge in [-0.1, -0.05) is 24.3 Å². The number of hydrogen-bond acceptors (Lipinski definition) is 4. The van der Waals surface area contributed by atoms with E-state index in [4.69, 9.17) is 0 Å². The van der Waals surface area contributed by atoms with E-state index in [0.717, 1.165) is 24.9 Å². The number of halogens is 1. The summed E-state index contributed by atoms with van der Waals surface area (Å²) in [5.74, 6) is -0.581. The summed E-state index contributed by atoms with van der Waals surface area (Å²) in [5, 5.41) is 12.3. The summed E-state index contributed by atoms with van der Waals surface area (Å²) >= 11 is 0. The first-order valence-corrected chi connectivity index (χ1v) is 9.60. The van der Waals surface area contributed by atoms with E-state index in [9.17, 15) is 9.50 Å². The van der Waals surface area contributed by atoms with E-state index in [1.54, 1.807) is 36.9 Å². The monoisotopic (exact) mass is 377 g/mol. The van der Waals surface area contributed by atoms with Crippen LogP contribution in [0.25, 0.3) is 0 Å². The number of aromatic nitrogens is 2. The molecule has 1 fully saturated rings. The van der Waals surface area contributed by atoms with Gasteiger partial charge >= 0.3 is 0 Å². The highest BCUT2D eigenvalue weighted by Crippen LogP contribution is 2.47. The van der Waals surface area contributed by atoms with Gasteiger partial charge in [0.05, 0.1) is 0 Å². The summed E-state index contributed by atoms with van der Waals surface area (Å²) in [6.07, 6.45) is 8.83. The summed E-state index contributed by atoms with van der Waals surface area (Å²) in [6.45, 7) is 0.971. The van der Waals surface area contributed by atoms with Gasteiger partial charge in [-0.15, -0.1) is 0 Å². The molecule has 0 aliphatic carbocycles. The van der Waals surface area contributed by atoms with Crippen LogP contribution in [-0.4, -0.2) is 39.6 Å². The molecule has 1 saturated heterocycles. The van der Waals surface area contributed by atoms with Gasteiger partial charge in [-0.3, -0.25) is 9.97 Å². The molecule has 3 heterocycles. The van der Waals surface area contributed by atoms with Crippen molar-refractivity contribution >= 4 is 0 Å². The highest BCUT2D eigenvalue weighted by atomic mass is 19.1. The molecule has 1 aliphatic heterocycles. The van der Waals surface area contributed by atoms with Crippen LogP contribution in [0.1, 0.15) is 35.4 Å². The molecule has 0 amide bonds. The third kappa shape index (κ3) is 3.32. The lowest BCUT2D eigenvalue weighted by Gasteiger charge is -2.42. The van der Waals surface area contributed by atoms with Crippen LogP contribution in [0, 0.1) is 5.82 Å². The number of nitrogens with zero attached hydrogens (tertiary/aromatic N) is 3. The number of likely N-dealkylation sites (N-methyl/N-ethyl adjacent to an activating group) is 1. The first kappa shape index (κ1) is 18.7. The van der Waals surface area contributed by atoms with Crippen molar-refractivity contribution in [2.75, 3.05) is 13.6 Å². The van der Waals surface area contributed by atoms with E-state index in [1.807, 2.05) is 24.3 Å². The lowest BCUT2D eigenvalue weighted by molar-refractivity contribution is 0.0199. The van der Waals surface area contributed by atoms with Crippen molar-refractivity contribution in [3.05, 3.63) is 95.8 Å². The Labute approximate surface area is 164 Å². The Balaban J connectivity index is 1.94. The molecule has 4 rings (SSSR count). The third-order valence-corrected chi connectivity index (χ3v) is 5.84. The highest BCUT2D eigenvalue weighted by molar-refractivity contribution is 5.41. The van der Waals surface area contributed by atoms with E-state index in [0.29, 0.717) is 11.1 Å². The molecular formula is C23H24FN3O. The molecule has 28 heavy (non-hydrogen) atoms. The lowest BCUT2D eigenvalue weighted by atomic mass is 9.70. The Bertz CT molecular complexity index is 863. The quantitative estimate of drug-likeness (QED) is 0.736. The van der Waals surface area contributed by atoms with Gasteiger partial charge in [0.2, 0.25) is 0 Å². The molecule has 1 aromatic carbocycles. The van der Waals surface area contributed by atoms with Gasteiger partial charge in [-0.2, -0.15) is 0 Å². The van der Waals surface area contributed by atoms with Crippen molar-refractivity contribution in [3.8, 4) is 0 Å². The molecule has 3 aromatic rings. The van der Waals surface area contributed by atoms with Crippen molar-refractivity contribution in [3.63, 3.8) is 0 Å². The average Bonchev–Trinajstić information content (AvgIpc) is 3.16. The van der Waals surface area contributed by atoms with Crippen molar-refractivity contribution in [2.24, 2.45) is 0 Å². The van der Waals surface area contributed by atoms with E-state index in [-0.39, 0.29) is 17.8 Å². The van der Waals surface area contributed by atoms with Crippen LogP contribution in [-0.2, 0) is 5.60 Å². The SMILES string of the molecule is CN1CCCC1C(c1ccc(F)cc1)C(O)(c1cccnc1)c1cccnc1. The van der Waals surface area contributed by atoms with Crippen LogP contribution in [0.4, 0.5) is 4.39 Å². The highest BCUT2D eigenvalue weighted by Gasteiger charge is 2.47. The van der Waals surface area contributed by atoms with Gasteiger partial charge in [-0.25, -0.2) is 4.39 Å². The minimum absolute atomic E-state index is 0.107. The predicted molar refractivity (Wildman–Crippen MR) is 106 cm³/mol. The molecule has 1 N–H and O–H groups in total. The topological polar surface area (TPSA) is 49.2 Å². The Hall–Kier alpha value is -2.63. The van der Waals surface area contributed by atoms with Crippen LogP contribution >= 0.6 is 0 Å². The van der Waals surface area contributed by atoms with Crippen LogP contribution in [0.15, 0.2) is 73.3 Å². The first-order chi connectivity index (χ1) is 13.6. The second-order valence-electron chi connectivity index (χ2n) is 7.47. The number of hydrogen-bond donors (Lipinski definition) is 1. The molecule has 0 radical (unpaired) electrons. The molecular weight excluding hydrogens is 353 g/mol. The summed E-state index contributed by atoms with van der Waals surface area (Å²) in [6, 6.07) is 14.0. The second-order valence-corrected chi connectivity index (χ2v) is 7.47. The van der Waals surface area contributed by atoms with Crippen LogP contribution in [0.3, 0.4) is 0 Å². The maximum atomic E-state index is 13.7. The maximum absolute atomic E-state index is 13.7. The zero-order chi connectivity index (χ0) is 19.6. The number of pyridine rings is 2. The average molecular weight is 377 g/mol. The van der Waals surface area contributed by atoms with Crippen molar-refractivity contribution in [1.29, 1.82) is 0 Å². The molecule has 5 heteroatoms. The molecule has 2 atom stereocenters. The van der Waals surface area contributed by atoms with E-state index >= 15 is 0 Å². The Morgan fingerprint density at radius 1 is 1.04 bits per heavy atom. The maximum Gasteiger partial charge on any atom is 0.126 e. The molecule has 1 aliphatic rings. The fourth-order valence-corrected chi connectivity index (χ4v) is 4.47. The summed E-state index contributed by atoms with van der Waals surface area (Å²) in [5.41, 5.74) is 0.967. The normalized spacial score (nSPS) is 18.9. The summed E-state index contributed by atoms with van der Waals surface area (Å²) in [7, 11) is 2.08. The third-order valence-electron chi connectivity index (χ3n) is 5.84. The minimum atomic E-state index is -1.34. The van der Waals surface area contributed by atoms with Gasteiger partial charge in [0, 0.05) is 47.9 Å². The summed E-state index contributed by atoms with van der Waals surface area (Å²) < 4.78 is 13.7. The first-order valence-electron chi connectivity index (χ1n) is 9.60. The second kappa shape index (κ2) is 7.78. The van der Waals surface area contributed by atoms with Crippen molar-refractivity contribution in [1.82, 2.24) is 14.9 Å². The van der Waals surface area contributed by atoms with Crippen molar-refractivity contribution in [2.45, 2.75) is 30.4 Å². The van der Waals surface area contributed by atoms with Crippen LogP contribution in [0.5, 0.6) is 0 Å². The Morgan fingerprint density at radius 2 is 1.64 bits per heavy atom. The largest absolute Gasteiger partial charge is 0.380 e. The molecule has 0 bridgehead atoms. The molecule has 144 valence electrons. The standard InChI is InChI=1S/C23H24FN3O/c1-27-14-4-7-21(27)22(17-8-10-20(24)11-9-17)23(28,18-5-2-12-25-15-18)19-6-3-13-26-16-19/h2-3,5-6,8-13,15-16,21-22,28H,4,7,14H2,1H3. The number of likely N-dealkylation sites (tertiary alicyclic amines) is 1. The van der Waals surface area contributed by atoms with Gasteiger partial charge in [0.1, 0.15) is 11.4 Å². The summed E-state index contributed by atoms with van der Waals surface area (Å²) in [4.78, 5) is 10.8. The molecule has 4 nitrogen and oxygen atoms in total. The van der Waals surface area contributed by atoms with Crippen molar-refractivity contribution < 1.29 is 9.50 Å². The fourth-order valence-electron chi connectivity index (χ4n) is 4.47. The number of benzene rings is 1. The molecule has 2 aromatic heterocycles. The zero-order valence-corrected chi connectivity index (χ0v) is 15.9. The number of aliphatic hydroxyl groups is 1. The number of rotatable bonds is 5. The Morgan fingerprint density at radius 3 is 2.11 bits per heavy atom. The van der Waals surface area contributed by atoms with Crippen LogP contribution < -0.4 is 0 Å². The smallest absolute Gasteiger partial charge is 0.126 e. The van der Waals surface area contributed by atoms with Gasteiger partial charge in [0.25, 0.3) is 0 Å². The van der Waals surface area contributed by atoms with E-state index in [2.05, 4.69) is 21.9 Å². The minimum Gasteiger partial charge on any atom is -0.380 e. The van der Waals surface area contributed by atoms with Gasteiger partial charge < -0.3 is 10.0 Å². The Kier molecular flexibility index (Phi) is 5.20. The lowest BCUT2D eigenvalue weighted by Crippen LogP contribution is -2.45. The van der Waals surface area contributed by atoms with Crippen LogP contribution in [0.2, 0.25) is 0 Å². The van der Waals surface area contributed by atoms with E-state index < -0.39 is 5.60 Å².